The monoisotopic (exact) mass is 423 g/mol. The highest BCUT2D eigenvalue weighted by Gasteiger charge is 2.62. The fourth-order valence-electron chi connectivity index (χ4n) is 4.40. The number of carbonyl (C=O) groups is 2. The first-order valence-corrected chi connectivity index (χ1v) is 10.1. The number of likely N-dealkylation sites (N-methyl/N-ethyl adjacent to an activating group) is 1. The van der Waals surface area contributed by atoms with Crippen LogP contribution in [0.15, 0.2) is 30.3 Å². The van der Waals surface area contributed by atoms with E-state index in [0.717, 1.165) is 18.4 Å². The van der Waals surface area contributed by atoms with E-state index in [-0.39, 0.29) is 37.1 Å². The predicted octanol–water partition coefficient (Wildman–Crippen LogP) is 2.94. The fraction of sp³-hybridized carbons (Fsp3) is 0.636. The van der Waals surface area contributed by atoms with Crippen LogP contribution in [0.4, 0.5) is 0 Å². The van der Waals surface area contributed by atoms with Crippen LogP contribution in [-0.2, 0) is 23.8 Å². The Kier molecular flexibility index (Phi) is 6.27. The van der Waals surface area contributed by atoms with E-state index in [2.05, 4.69) is 11.9 Å². The van der Waals surface area contributed by atoms with Gasteiger partial charge in [0, 0.05) is 24.9 Å². The highest BCUT2D eigenvalue weighted by molar-refractivity contribution is 5.85. The molecule has 29 heavy (non-hydrogen) atoms. The second-order valence-electron chi connectivity index (χ2n) is 9.21. The van der Waals surface area contributed by atoms with Crippen LogP contribution < -0.4 is 0 Å². The van der Waals surface area contributed by atoms with E-state index in [1.54, 1.807) is 20.8 Å². The van der Waals surface area contributed by atoms with Crippen molar-refractivity contribution in [1.29, 1.82) is 0 Å². The number of carbonyl (C=O) groups excluding carboxylic acids is 2. The number of ether oxygens (including phenoxy) is 3. The first kappa shape index (κ1) is 22.1. The number of fused-ring (bicyclic) bond motifs is 5. The molecule has 6 nitrogen and oxygen atoms in total. The van der Waals surface area contributed by atoms with Gasteiger partial charge in [-0.15, -0.1) is 12.4 Å². The Morgan fingerprint density at radius 1 is 1.14 bits per heavy atom. The number of hydrogen-bond donors (Lipinski definition) is 0. The molecule has 3 heterocycles. The minimum atomic E-state index is -0.615. The molecule has 1 aromatic carbocycles. The molecule has 3 aliphatic heterocycles. The molecule has 3 aliphatic rings. The average Bonchev–Trinajstić information content (AvgIpc) is 3.40. The number of hydrogen-bond acceptors (Lipinski definition) is 6. The predicted molar refractivity (Wildman–Crippen MR) is 110 cm³/mol. The van der Waals surface area contributed by atoms with Crippen LogP contribution in [0, 0.1) is 5.41 Å². The lowest BCUT2D eigenvalue weighted by molar-refractivity contribution is -0.161. The Morgan fingerprint density at radius 2 is 1.72 bits per heavy atom. The first-order valence-electron chi connectivity index (χ1n) is 10.1. The lowest BCUT2D eigenvalue weighted by atomic mass is 9.96. The normalized spacial score (nSPS) is 31.2. The number of halogens is 1. The van der Waals surface area contributed by atoms with Gasteiger partial charge in [0.2, 0.25) is 0 Å². The van der Waals surface area contributed by atoms with Crippen LogP contribution >= 0.6 is 12.4 Å². The zero-order chi connectivity index (χ0) is 20.1. The maximum Gasteiger partial charge on any atom is 0.317 e. The number of benzene rings is 1. The molecule has 0 N–H and O–H groups in total. The number of piperidine rings is 1. The standard InChI is InChI=1S/C22H29NO5.ClH/c1-22(2,3)21(25)26-12-15(13-8-6-5-7-9-13)20(24)27-14-10-16-18-19(28-18)17(11-14)23(16)4;/h5-9,14-19H,10-12H2,1-4H3;1H/t14?,15-,16+,17+,18-,19+;/m1./s1. The van der Waals surface area contributed by atoms with Crippen LogP contribution in [0.1, 0.15) is 45.1 Å². The second-order valence-corrected chi connectivity index (χ2v) is 9.21. The van der Waals surface area contributed by atoms with Crippen molar-refractivity contribution in [2.24, 2.45) is 5.41 Å². The molecule has 0 aliphatic carbocycles. The third kappa shape index (κ3) is 4.44. The molecule has 1 unspecified atom stereocenters. The van der Waals surface area contributed by atoms with Crippen molar-refractivity contribution < 1.29 is 23.8 Å². The molecule has 3 saturated heterocycles. The van der Waals surface area contributed by atoms with Crippen LogP contribution in [0.3, 0.4) is 0 Å². The summed E-state index contributed by atoms with van der Waals surface area (Å²) in [6.07, 6.45) is 2.08. The van der Waals surface area contributed by atoms with Crippen LogP contribution in [-0.4, -0.2) is 60.9 Å². The van der Waals surface area contributed by atoms with E-state index < -0.39 is 11.3 Å². The maximum atomic E-state index is 13.0. The summed E-state index contributed by atoms with van der Waals surface area (Å²) in [6, 6.07) is 10.1. The Hall–Kier alpha value is -1.63. The van der Waals surface area contributed by atoms with Crippen molar-refractivity contribution in [2.45, 2.75) is 69.9 Å². The average molecular weight is 424 g/mol. The molecule has 0 spiro atoms. The topological polar surface area (TPSA) is 68.4 Å². The number of rotatable bonds is 5. The first-order chi connectivity index (χ1) is 13.3. The lowest BCUT2D eigenvalue weighted by Gasteiger charge is -2.38. The second kappa shape index (κ2) is 8.25. The zero-order valence-corrected chi connectivity index (χ0v) is 18.2. The van der Waals surface area contributed by atoms with Crippen LogP contribution in [0.25, 0.3) is 0 Å². The number of epoxide rings is 1. The third-order valence-corrected chi connectivity index (χ3v) is 6.14. The van der Waals surface area contributed by atoms with Gasteiger partial charge in [0.25, 0.3) is 0 Å². The summed E-state index contributed by atoms with van der Waals surface area (Å²) in [5, 5.41) is 0. The summed E-state index contributed by atoms with van der Waals surface area (Å²) in [6.45, 7) is 5.39. The van der Waals surface area contributed by atoms with E-state index in [0.29, 0.717) is 24.3 Å². The lowest BCUT2D eigenvalue weighted by Crippen LogP contribution is -2.48. The Bertz CT molecular complexity index is 731. The van der Waals surface area contributed by atoms with Gasteiger partial charge in [-0.2, -0.15) is 0 Å². The highest BCUT2D eigenvalue weighted by atomic mass is 35.5. The van der Waals surface area contributed by atoms with E-state index in [1.165, 1.54) is 0 Å². The van der Waals surface area contributed by atoms with E-state index >= 15 is 0 Å². The molecule has 4 rings (SSSR count). The fourth-order valence-corrected chi connectivity index (χ4v) is 4.40. The van der Waals surface area contributed by atoms with Gasteiger partial charge in [-0.1, -0.05) is 30.3 Å². The van der Waals surface area contributed by atoms with Crippen LogP contribution in [0.2, 0.25) is 0 Å². The summed E-state index contributed by atoms with van der Waals surface area (Å²) in [4.78, 5) is 27.6. The van der Waals surface area contributed by atoms with Gasteiger partial charge in [0.1, 0.15) is 30.8 Å². The van der Waals surface area contributed by atoms with Gasteiger partial charge in [-0.25, -0.2) is 0 Å². The molecule has 0 saturated carbocycles. The van der Waals surface area contributed by atoms with Gasteiger partial charge in [0.15, 0.2) is 0 Å². The zero-order valence-electron chi connectivity index (χ0n) is 17.4. The van der Waals surface area contributed by atoms with E-state index in [1.807, 2.05) is 30.3 Å². The summed E-state index contributed by atoms with van der Waals surface area (Å²) in [5.74, 6) is -1.26. The Labute approximate surface area is 178 Å². The molecular weight excluding hydrogens is 394 g/mol. The quantitative estimate of drug-likeness (QED) is 0.535. The minimum Gasteiger partial charge on any atom is -0.464 e. The number of nitrogens with zero attached hydrogens (tertiary/aromatic N) is 1. The van der Waals surface area contributed by atoms with Crippen molar-refractivity contribution in [1.82, 2.24) is 4.90 Å². The third-order valence-electron chi connectivity index (χ3n) is 6.14. The van der Waals surface area contributed by atoms with Crippen molar-refractivity contribution in [3.8, 4) is 0 Å². The Morgan fingerprint density at radius 3 is 2.28 bits per heavy atom. The van der Waals surface area contributed by atoms with Gasteiger partial charge >= 0.3 is 11.9 Å². The minimum absolute atomic E-state index is 0. The molecule has 7 heteroatoms. The molecule has 6 atom stereocenters. The van der Waals surface area contributed by atoms with Crippen molar-refractivity contribution in [2.75, 3.05) is 13.7 Å². The largest absolute Gasteiger partial charge is 0.464 e. The summed E-state index contributed by atoms with van der Waals surface area (Å²) >= 11 is 0. The molecule has 160 valence electrons. The summed E-state index contributed by atoms with van der Waals surface area (Å²) < 4.78 is 17.1. The molecule has 0 radical (unpaired) electrons. The number of esters is 2. The maximum absolute atomic E-state index is 13.0. The molecule has 3 fully saturated rings. The number of morpholine rings is 1. The van der Waals surface area contributed by atoms with E-state index in [4.69, 9.17) is 14.2 Å². The highest BCUT2D eigenvalue weighted by Crippen LogP contribution is 2.48. The van der Waals surface area contributed by atoms with Crippen molar-refractivity contribution in [3.63, 3.8) is 0 Å². The van der Waals surface area contributed by atoms with Crippen molar-refractivity contribution >= 4 is 24.3 Å². The SMILES string of the molecule is CN1[C@H]2CC(OC(=O)[C@H](COC(=O)C(C)(C)C)c3ccccc3)C[C@H]1[C@H]1O[C@H]12.Cl. The van der Waals surface area contributed by atoms with Gasteiger partial charge in [-0.05, 0) is 33.4 Å². The molecule has 0 aromatic heterocycles. The summed E-state index contributed by atoms with van der Waals surface area (Å²) in [5.41, 5.74) is 0.190. The van der Waals surface area contributed by atoms with Gasteiger partial charge in [-0.3, -0.25) is 14.5 Å². The molecule has 0 amide bonds. The van der Waals surface area contributed by atoms with Crippen LogP contribution in [0.5, 0.6) is 0 Å². The van der Waals surface area contributed by atoms with Crippen molar-refractivity contribution in [3.05, 3.63) is 35.9 Å². The van der Waals surface area contributed by atoms with E-state index in [9.17, 15) is 9.59 Å². The molecular formula is C22H30ClNO5. The smallest absolute Gasteiger partial charge is 0.317 e. The van der Waals surface area contributed by atoms with Gasteiger partial charge in [0.05, 0.1) is 5.41 Å². The Balaban J connectivity index is 0.00000240. The van der Waals surface area contributed by atoms with Gasteiger partial charge < -0.3 is 14.2 Å². The molecule has 2 bridgehead atoms. The summed E-state index contributed by atoms with van der Waals surface area (Å²) in [7, 11) is 2.13. The molecule has 1 aromatic rings.